The fourth-order valence-electron chi connectivity index (χ4n) is 2.63. The second kappa shape index (κ2) is 5.63. The highest BCUT2D eigenvalue weighted by molar-refractivity contribution is 5.30. The Morgan fingerprint density at radius 3 is 2.29 bits per heavy atom. The molecule has 94 valence electrons. The maximum Gasteiger partial charge on any atom is 0.0628 e. The lowest BCUT2D eigenvalue weighted by Gasteiger charge is -2.34. The van der Waals surface area contributed by atoms with Crippen molar-refractivity contribution in [2.45, 2.75) is 19.9 Å². The van der Waals surface area contributed by atoms with Crippen LogP contribution in [0, 0.1) is 13.8 Å². The highest BCUT2D eigenvalue weighted by Crippen LogP contribution is 2.22. The highest BCUT2D eigenvalue weighted by Gasteiger charge is 2.21. The van der Waals surface area contributed by atoms with Gasteiger partial charge >= 0.3 is 0 Å². The third-order valence-electron chi connectivity index (χ3n) is 3.39. The van der Waals surface area contributed by atoms with Crippen LogP contribution < -0.4 is 5.32 Å². The molecule has 0 spiro atoms. The number of hydrogen-bond donors (Lipinski definition) is 2. The minimum Gasteiger partial charge on any atom is -0.394 e. The van der Waals surface area contributed by atoms with Crippen molar-refractivity contribution in [1.82, 2.24) is 10.2 Å². The van der Waals surface area contributed by atoms with E-state index in [0.717, 1.165) is 26.2 Å². The molecule has 1 heterocycles. The zero-order valence-corrected chi connectivity index (χ0v) is 10.7. The van der Waals surface area contributed by atoms with Crippen LogP contribution in [0.15, 0.2) is 18.2 Å². The van der Waals surface area contributed by atoms with Gasteiger partial charge in [0.2, 0.25) is 0 Å². The number of piperazine rings is 1. The molecular weight excluding hydrogens is 212 g/mol. The van der Waals surface area contributed by atoms with E-state index >= 15 is 0 Å². The maximum atomic E-state index is 9.65. The summed E-state index contributed by atoms with van der Waals surface area (Å²) in [7, 11) is 0. The molecule has 1 aliphatic heterocycles. The molecule has 1 atom stereocenters. The first-order valence-electron chi connectivity index (χ1n) is 6.34. The molecule has 0 bridgehead atoms. The summed E-state index contributed by atoms with van der Waals surface area (Å²) in [4.78, 5) is 2.37. The van der Waals surface area contributed by atoms with Crippen LogP contribution in [0.3, 0.4) is 0 Å². The minimum atomic E-state index is 0.149. The number of nitrogens with one attached hydrogen (secondary N) is 1. The molecule has 0 radical (unpaired) electrons. The molecule has 0 saturated carbocycles. The van der Waals surface area contributed by atoms with Crippen molar-refractivity contribution in [3.05, 3.63) is 34.9 Å². The van der Waals surface area contributed by atoms with Gasteiger partial charge in [0.25, 0.3) is 0 Å². The Hall–Kier alpha value is -0.900. The van der Waals surface area contributed by atoms with Gasteiger partial charge < -0.3 is 10.4 Å². The average molecular weight is 234 g/mol. The van der Waals surface area contributed by atoms with Crippen molar-refractivity contribution in [1.29, 1.82) is 0 Å². The van der Waals surface area contributed by atoms with Crippen LogP contribution in [-0.2, 0) is 0 Å². The van der Waals surface area contributed by atoms with Crippen LogP contribution in [0.1, 0.15) is 22.7 Å². The summed E-state index contributed by atoms with van der Waals surface area (Å²) in [6.45, 7) is 8.48. The highest BCUT2D eigenvalue weighted by atomic mass is 16.3. The van der Waals surface area contributed by atoms with Gasteiger partial charge in [0, 0.05) is 26.2 Å². The zero-order chi connectivity index (χ0) is 12.3. The number of nitrogens with zero attached hydrogens (tertiary/aromatic N) is 1. The van der Waals surface area contributed by atoms with Crippen molar-refractivity contribution in [2.75, 3.05) is 32.8 Å². The van der Waals surface area contributed by atoms with Crippen LogP contribution in [0.2, 0.25) is 0 Å². The number of aliphatic hydroxyl groups excluding tert-OH is 1. The fraction of sp³-hybridized carbons (Fsp3) is 0.571. The number of benzene rings is 1. The average Bonchev–Trinajstić information content (AvgIpc) is 2.30. The molecule has 0 aromatic heterocycles. The fourth-order valence-corrected chi connectivity index (χ4v) is 2.63. The lowest BCUT2D eigenvalue weighted by atomic mass is 10.00. The number of rotatable bonds is 3. The van der Waals surface area contributed by atoms with Crippen molar-refractivity contribution in [2.24, 2.45) is 0 Å². The third kappa shape index (κ3) is 3.06. The molecule has 2 rings (SSSR count). The number of hydrogen-bond acceptors (Lipinski definition) is 3. The predicted molar refractivity (Wildman–Crippen MR) is 70.2 cm³/mol. The summed E-state index contributed by atoms with van der Waals surface area (Å²) in [6.07, 6.45) is 0. The van der Waals surface area contributed by atoms with Crippen LogP contribution in [0.25, 0.3) is 0 Å². The van der Waals surface area contributed by atoms with Gasteiger partial charge in [-0.1, -0.05) is 29.3 Å². The number of aliphatic hydroxyl groups is 1. The van der Waals surface area contributed by atoms with Crippen LogP contribution in [0.5, 0.6) is 0 Å². The summed E-state index contributed by atoms with van der Waals surface area (Å²) in [5.41, 5.74) is 3.79. The van der Waals surface area contributed by atoms with E-state index in [-0.39, 0.29) is 12.6 Å². The van der Waals surface area contributed by atoms with Crippen molar-refractivity contribution >= 4 is 0 Å². The van der Waals surface area contributed by atoms with Gasteiger partial charge in [-0.2, -0.15) is 0 Å². The van der Waals surface area contributed by atoms with Crippen molar-refractivity contribution in [3.63, 3.8) is 0 Å². The molecule has 1 aromatic rings. The van der Waals surface area contributed by atoms with E-state index in [1.165, 1.54) is 16.7 Å². The normalized spacial score (nSPS) is 19.2. The minimum absolute atomic E-state index is 0.149. The third-order valence-corrected chi connectivity index (χ3v) is 3.39. The van der Waals surface area contributed by atoms with Gasteiger partial charge in [-0.25, -0.2) is 0 Å². The Kier molecular flexibility index (Phi) is 4.15. The molecule has 0 unspecified atom stereocenters. The largest absolute Gasteiger partial charge is 0.394 e. The lowest BCUT2D eigenvalue weighted by molar-refractivity contribution is 0.111. The van der Waals surface area contributed by atoms with Gasteiger partial charge in [0.05, 0.1) is 12.6 Å². The van der Waals surface area contributed by atoms with E-state index in [1.807, 2.05) is 0 Å². The first-order chi connectivity index (χ1) is 8.20. The Labute approximate surface area is 103 Å². The molecule has 3 heteroatoms. The first-order valence-corrected chi connectivity index (χ1v) is 6.34. The molecule has 2 N–H and O–H groups in total. The Balaban J connectivity index is 2.21. The Morgan fingerprint density at radius 2 is 1.76 bits per heavy atom. The summed E-state index contributed by atoms with van der Waals surface area (Å²) < 4.78 is 0. The van der Waals surface area contributed by atoms with E-state index in [9.17, 15) is 5.11 Å². The zero-order valence-electron chi connectivity index (χ0n) is 10.7. The van der Waals surface area contributed by atoms with Gasteiger partial charge in [0.15, 0.2) is 0 Å². The second-order valence-corrected chi connectivity index (χ2v) is 4.91. The lowest BCUT2D eigenvalue weighted by Crippen LogP contribution is -2.46. The van der Waals surface area contributed by atoms with Gasteiger partial charge in [0.1, 0.15) is 0 Å². The van der Waals surface area contributed by atoms with Crippen molar-refractivity contribution < 1.29 is 5.11 Å². The smallest absolute Gasteiger partial charge is 0.0628 e. The Morgan fingerprint density at radius 1 is 1.18 bits per heavy atom. The molecular formula is C14H22N2O. The van der Waals surface area contributed by atoms with Crippen molar-refractivity contribution in [3.8, 4) is 0 Å². The van der Waals surface area contributed by atoms with Gasteiger partial charge in [-0.15, -0.1) is 0 Å². The van der Waals surface area contributed by atoms with E-state index in [2.05, 4.69) is 42.3 Å². The van der Waals surface area contributed by atoms with Crippen LogP contribution in [-0.4, -0.2) is 42.8 Å². The second-order valence-electron chi connectivity index (χ2n) is 4.91. The molecule has 1 aliphatic rings. The topological polar surface area (TPSA) is 35.5 Å². The summed E-state index contributed by atoms with van der Waals surface area (Å²) in [5, 5.41) is 13.0. The van der Waals surface area contributed by atoms with Gasteiger partial charge in [-0.3, -0.25) is 4.90 Å². The molecule has 0 aliphatic carbocycles. The molecule has 17 heavy (non-hydrogen) atoms. The summed E-state index contributed by atoms with van der Waals surface area (Å²) in [6, 6.07) is 6.71. The number of aryl methyl sites for hydroxylation is 2. The Bertz CT molecular complexity index is 352. The summed E-state index contributed by atoms with van der Waals surface area (Å²) >= 11 is 0. The maximum absolute atomic E-state index is 9.65. The molecule has 1 aromatic carbocycles. The first kappa shape index (κ1) is 12.6. The van der Waals surface area contributed by atoms with E-state index in [0.29, 0.717) is 0 Å². The standard InChI is InChI=1S/C14H22N2O/c1-11-7-12(2)9-13(8-11)14(10-17)16-5-3-15-4-6-16/h7-9,14-15,17H,3-6,10H2,1-2H3/t14-/m0/s1. The van der Waals surface area contributed by atoms with Crippen LogP contribution >= 0.6 is 0 Å². The SMILES string of the molecule is Cc1cc(C)cc([C@H](CO)N2CCNCC2)c1. The van der Waals surface area contributed by atoms with E-state index in [1.54, 1.807) is 0 Å². The van der Waals surface area contributed by atoms with E-state index in [4.69, 9.17) is 0 Å². The van der Waals surface area contributed by atoms with E-state index < -0.39 is 0 Å². The monoisotopic (exact) mass is 234 g/mol. The molecule has 1 fully saturated rings. The van der Waals surface area contributed by atoms with Crippen LogP contribution in [0.4, 0.5) is 0 Å². The summed E-state index contributed by atoms with van der Waals surface area (Å²) in [5.74, 6) is 0. The molecule has 3 nitrogen and oxygen atoms in total. The molecule has 0 amide bonds. The predicted octanol–water partition coefficient (Wildman–Crippen LogP) is 1.24. The quantitative estimate of drug-likeness (QED) is 0.826. The molecule has 1 saturated heterocycles. The van der Waals surface area contributed by atoms with Gasteiger partial charge in [-0.05, 0) is 19.4 Å².